The van der Waals surface area contributed by atoms with Crippen molar-refractivity contribution in [2.75, 3.05) is 7.05 Å². The molecule has 18 heavy (non-hydrogen) atoms. The van der Waals surface area contributed by atoms with Gasteiger partial charge in [-0.3, -0.25) is 0 Å². The molecule has 0 unspecified atom stereocenters. The van der Waals surface area contributed by atoms with Crippen LogP contribution in [0.3, 0.4) is 0 Å². The summed E-state index contributed by atoms with van der Waals surface area (Å²) >= 11 is 7.52. The summed E-state index contributed by atoms with van der Waals surface area (Å²) in [5.74, 6) is -0.872. The zero-order valence-corrected chi connectivity index (χ0v) is 11.2. The van der Waals surface area contributed by atoms with E-state index in [0.29, 0.717) is 16.4 Å². The van der Waals surface area contributed by atoms with Gasteiger partial charge in [-0.15, -0.1) is 11.3 Å². The molecule has 0 fully saturated rings. The normalized spacial score (nSPS) is 14.0. The Labute approximate surface area is 113 Å². The number of thiophene rings is 1. The van der Waals surface area contributed by atoms with Crippen LogP contribution < -0.4 is 0 Å². The summed E-state index contributed by atoms with van der Waals surface area (Å²) in [6.45, 7) is 0.589. The van der Waals surface area contributed by atoms with Gasteiger partial charge < -0.3 is 10.0 Å². The molecule has 1 aliphatic heterocycles. The molecule has 0 bridgehead atoms. The number of carboxylic acid groups (broad SMARTS) is 1. The molecular formula is C13H10ClNO2S. The maximum absolute atomic E-state index is 11.3. The Morgan fingerprint density at radius 1 is 1.50 bits per heavy atom. The highest BCUT2D eigenvalue weighted by atomic mass is 35.5. The van der Waals surface area contributed by atoms with Crippen LogP contribution >= 0.6 is 22.9 Å². The molecule has 1 aliphatic rings. The van der Waals surface area contributed by atoms with E-state index in [1.807, 2.05) is 36.4 Å². The fraction of sp³-hybridized carbons (Fsp3) is 0.154. The smallest absolute Gasteiger partial charge is 0.346 e. The molecule has 3 nitrogen and oxygen atoms in total. The molecule has 0 amide bonds. The highest BCUT2D eigenvalue weighted by Gasteiger charge is 2.22. The number of carbonyl (C=O) groups is 1. The topological polar surface area (TPSA) is 40.5 Å². The number of benzene rings is 1. The van der Waals surface area contributed by atoms with Crippen LogP contribution in [0.2, 0.25) is 5.02 Å². The molecule has 2 heterocycles. The minimum absolute atomic E-state index is 0.407. The van der Waals surface area contributed by atoms with Crippen LogP contribution in [-0.4, -0.2) is 23.0 Å². The van der Waals surface area contributed by atoms with E-state index < -0.39 is 5.97 Å². The summed E-state index contributed by atoms with van der Waals surface area (Å²) < 4.78 is 0.974. The van der Waals surface area contributed by atoms with E-state index >= 15 is 0 Å². The molecule has 0 atom stereocenters. The molecular weight excluding hydrogens is 270 g/mol. The lowest BCUT2D eigenvalue weighted by Crippen LogP contribution is -2.10. The third-order valence-corrected chi connectivity index (χ3v) is 4.55. The van der Waals surface area contributed by atoms with Crippen molar-refractivity contribution in [1.29, 1.82) is 0 Å². The molecule has 0 aliphatic carbocycles. The lowest BCUT2D eigenvalue weighted by atomic mass is 10.1. The van der Waals surface area contributed by atoms with Crippen LogP contribution in [0.5, 0.6) is 0 Å². The molecule has 1 N–H and O–H groups in total. The van der Waals surface area contributed by atoms with E-state index in [1.165, 1.54) is 11.3 Å². The monoisotopic (exact) mass is 279 g/mol. The summed E-state index contributed by atoms with van der Waals surface area (Å²) in [7, 11) is 1.92. The molecule has 2 aromatic rings. The summed E-state index contributed by atoms with van der Waals surface area (Å²) in [5, 5.41) is 10.9. The summed E-state index contributed by atoms with van der Waals surface area (Å²) in [6, 6.07) is 3.71. The number of hydrogen-bond donors (Lipinski definition) is 1. The van der Waals surface area contributed by atoms with Gasteiger partial charge in [-0.05, 0) is 24.4 Å². The molecule has 5 heteroatoms. The summed E-state index contributed by atoms with van der Waals surface area (Å²) in [4.78, 5) is 13.7. The first-order valence-corrected chi connectivity index (χ1v) is 6.63. The van der Waals surface area contributed by atoms with Gasteiger partial charge in [0.25, 0.3) is 0 Å². The largest absolute Gasteiger partial charge is 0.477 e. The summed E-state index contributed by atoms with van der Waals surface area (Å²) in [6.07, 6.45) is 3.87. The molecule has 1 aromatic heterocycles. The Morgan fingerprint density at radius 2 is 2.28 bits per heavy atom. The highest BCUT2D eigenvalue weighted by molar-refractivity contribution is 7.21. The van der Waals surface area contributed by atoms with Crippen molar-refractivity contribution in [3.05, 3.63) is 39.4 Å². The van der Waals surface area contributed by atoms with E-state index in [1.54, 1.807) is 0 Å². The maximum atomic E-state index is 11.3. The molecule has 0 saturated carbocycles. The molecule has 1 aromatic carbocycles. The minimum atomic E-state index is -0.872. The highest BCUT2D eigenvalue weighted by Crippen LogP contribution is 2.39. The Morgan fingerprint density at radius 3 is 3.00 bits per heavy atom. The standard InChI is InChI=1S/C13H10ClNO2S/c1-15-5-4-7-9(14)2-3-10-11(7)8(6-15)12(18-10)13(16)17/h2-5H,6H2,1H3,(H,16,17). The number of rotatable bonds is 1. The van der Waals surface area contributed by atoms with Gasteiger partial charge in [0.1, 0.15) is 4.88 Å². The van der Waals surface area contributed by atoms with Gasteiger partial charge in [0, 0.05) is 39.8 Å². The van der Waals surface area contributed by atoms with Gasteiger partial charge in [-0.1, -0.05) is 11.6 Å². The van der Waals surface area contributed by atoms with E-state index in [4.69, 9.17) is 11.6 Å². The van der Waals surface area contributed by atoms with Crippen LogP contribution in [0.4, 0.5) is 0 Å². The van der Waals surface area contributed by atoms with Crippen molar-refractivity contribution < 1.29 is 9.90 Å². The van der Waals surface area contributed by atoms with Gasteiger partial charge in [-0.25, -0.2) is 4.79 Å². The second kappa shape index (κ2) is 4.00. The van der Waals surface area contributed by atoms with E-state index in [0.717, 1.165) is 21.2 Å². The number of carboxylic acids is 1. The second-order valence-electron chi connectivity index (χ2n) is 4.28. The average Bonchev–Trinajstić information content (AvgIpc) is 2.57. The van der Waals surface area contributed by atoms with Crippen LogP contribution in [0.1, 0.15) is 20.8 Å². The van der Waals surface area contributed by atoms with Crippen LogP contribution in [0, 0.1) is 0 Å². The fourth-order valence-electron chi connectivity index (χ4n) is 2.25. The zero-order chi connectivity index (χ0) is 12.9. The first-order valence-electron chi connectivity index (χ1n) is 5.43. The average molecular weight is 280 g/mol. The van der Waals surface area contributed by atoms with Crippen molar-refractivity contribution in [1.82, 2.24) is 4.90 Å². The van der Waals surface area contributed by atoms with Crippen molar-refractivity contribution in [3.63, 3.8) is 0 Å². The number of aromatic carboxylic acids is 1. The Hall–Kier alpha value is -1.52. The van der Waals surface area contributed by atoms with Gasteiger partial charge in [0.2, 0.25) is 0 Å². The predicted molar refractivity (Wildman–Crippen MR) is 74.3 cm³/mol. The minimum Gasteiger partial charge on any atom is -0.477 e. The second-order valence-corrected chi connectivity index (χ2v) is 5.74. The van der Waals surface area contributed by atoms with E-state index in [-0.39, 0.29) is 0 Å². The fourth-order valence-corrected chi connectivity index (χ4v) is 3.53. The van der Waals surface area contributed by atoms with Crippen LogP contribution in [0.15, 0.2) is 18.3 Å². The third kappa shape index (κ3) is 1.61. The molecule has 0 radical (unpaired) electrons. The molecule has 3 rings (SSSR count). The zero-order valence-electron chi connectivity index (χ0n) is 9.61. The van der Waals surface area contributed by atoms with Gasteiger partial charge >= 0.3 is 5.97 Å². The SMILES string of the molecule is CN1C=Cc2c(Cl)ccc3sc(C(=O)O)c(c23)C1. The molecule has 0 saturated heterocycles. The van der Waals surface area contributed by atoms with Gasteiger partial charge in [0.05, 0.1) is 0 Å². The number of nitrogens with zero attached hydrogens (tertiary/aromatic N) is 1. The first-order chi connectivity index (χ1) is 8.58. The number of halogens is 1. The van der Waals surface area contributed by atoms with Crippen molar-refractivity contribution in [2.45, 2.75) is 6.54 Å². The van der Waals surface area contributed by atoms with E-state index in [9.17, 15) is 9.90 Å². The van der Waals surface area contributed by atoms with Gasteiger partial charge in [0.15, 0.2) is 0 Å². The Bertz CT molecular complexity index is 690. The predicted octanol–water partition coefficient (Wildman–Crippen LogP) is 3.67. The third-order valence-electron chi connectivity index (χ3n) is 3.04. The molecule has 92 valence electrons. The Kier molecular flexibility index (Phi) is 2.57. The lowest BCUT2D eigenvalue weighted by molar-refractivity contribution is 0.0700. The lowest BCUT2D eigenvalue weighted by Gasteiger charge is -2.11. The van der Waals surface area contributed by atoms with Crippen LogP contribution in [0.25, 0.3) is 16.2 Å². The Balaban J connectivity index is 2.44. The first kappa shape index (κ1) is 11.6. The maximum Gasteiger partial charge on any atom is 0.346 e. The van der Waals surface area contributed by atoms with Crippen molar-refractivity contribution >= 4 is 45.1 Å². The van der Waals surface area contributed by atoms with E-state index in [2.05, 4.69) is 0 Å². The van der Waals surface area contributed by atoms with Crippen molar-refractivity contribution in [3.8, 4) is 0 Å². The molecule has 0 spiro atoms. The van der Waals surface area contributed by atoms with Crippen molar-refractivity contribution in [2.24, 2.45) is 0 Å². The van der Waals surface area contributed by atoms with Crippen LogP contribution in [-0.2, 0) is 6.54 Å². The summed E-state index contributed by atoms with van der Waals surface area (Å²) in [5.41, 5.74) is 1.77. The van der Waals surface area contributed by atoms with Gasteiger partial charge in [-0.2, -0.15) is 0 Å². The number of hydrogen-bond acceptors (Lipinski definition) is 3. The quantitative estimate of drug-likeness (QED) is 0.866.